The fraction of sp³-hybridized carbons (Fsp3) is 0.526. The number of hydrogen-bond acceptors (Lipinski definition) is 1. The van der Waals surface area contributed by atoms with Gasteiger partial charge < -0.3 is 9.88 Å². The minimum atomic E-state index is 0.239. The molecular weight excluding hydrogens is 272 g/mol. The number of rotatable bonds is 9. The van der Waals surface area contributed by atoms with E-state index in [1.54, 1.807) is 0 Å². The van der Waals surface area contributed by atoms with Crippen molar-refractivity contribution < 1.29 is 4.79 Å². The lowest BCUT2D eigenvalue weighted by Crippen LogP contribution is -2.30. The summed E-state index contributed by atoms with van der Waals surface area (Å²) >= 11 is 0. The first-order valence-electron chi connectivity index (χ1n) is 8.64. The zero-order valence-corrected chi connectivity index (χ0v) is 13.9. The number of hydrogen-bond donors (Lipinski definition) is 1. The van der Waals surface area contributed by atoms with Gasteiger partial charge in [0.05, 0.1) is 5.69 Å². The van der Waals surface area contributed by atoms with Crippen LogP contribution >= 0.6 is 0 Å². The number of carbonyl (C=O) groups is 1. The molecule has 22 heavy (non-hydrogen) atoms. The van der Waals surface area contributed by atoms with Crippen molar-refractivity contribution in [3.8, 4) is 0 Å². The number of carbonyl (C=O) groups excluding carboxylic acids is 1. The van der Waals surface area contributed by atoms with E-state index in [1.165, 1.54) is 25.7 Å². The molecule has 0 aliphatic rings. The van der Waals surface area contributed by atoms with Crippen molar-refractivity contribution in [1.29, 1.82) is 0 Å². The van der Waals surface area contributed by atoms with Crippen molar-refractivity contribution in [2.45, 2.75) is 58.8 Å². The van der Waals surface area contributed by atoms with E-state index in [9.17, 15) is 4.79 Å². The van der Waals surface area contributed by atoms with Crippen LogP contribution in [0.25, 0.3) is 10.9 Å². The van der Waals surface area contributed by atoms with Crippen LogP contribution in [-0.2, 0) is 4.79 Å². The Bertz CT molecular complexity index is 588. The quantitative estimate of drug-likeness (QED) is 0.629. The van der Waals surface area contributed by atoms with Gasteiger partial charge in [-0.25, -0.2) is 0 Å². The number of para-hydroxylation sites is 1. The van der Waals surface area contributed by atoms with Gasteiger partial charge in [-0.15, -0.1) is 0 Å². The maximum Gasteiger partial charge on any atom is 0.227 e. The zero-order chi connectivity index (χ0) is 15.8. The molecular formula is C19H28N2O. The van der Waals surface area contributed by atoms with E-state index >= 15 is 0 Å². The molecule has 120 valence electrons. The second-order valence-corrected chi connectivity index (χ2v) is 5.88. The number of aromatic nitrogens is 1. The fourth-order valence-electron chi connectivity index (χ4n) is 2.95. The third-order valence-electron chi connectivity index (χ3n) is 4.22. The van der Waals surface area contributed by atoms with Gasteiger partial charge in [0, 0.05) is 30.1 Å². The number of benzene rings is 1. The predicted octanol–water partition coefficient (Wildman–Crippen LogP) is 5.27. The summed E-state index contributed by atoms with van der Waals surface area (Å²) in [5.41, 5.74) is 2.09. The molecule has 0 fully saturated rings. The van der Waals surface area contributed by atoms with Crippen molar-refractivity contribution >= 4 is 22.5 Å². The Kier molecular flexibility index (Phi) is 6.50. The van der Waals surface area contributed by atoms with Gasteiger partial charge in [-0.2, -0.15) is 0 Å². The molecule has 0 radical (unpaired) electrons. The average Bonchev–Trinajstić information content (AvgIpc) is 2.96. The lowest BCUT2D eigenvalue weighted by Gasteiger charge is -2.20. The van der Waals surface area contributed by atoms with Gasteiger partial charge in [0.15, 0.2) is 0 Å². The molecule has 2 aromatic rings. The first kappa shape index (κ1) is 16.6. The topological polar surface area (TPSA) is 36.1 Å². The van der Waals surface area contributed by atoms with Crippen LogP contribution in [0, 0.1) is 0 Å². The molecule has 0 spiro atoms. The minimum absolute atomic E-state index is 0.239. The highest BCUT2D eigenvalue weighted by Crippen LogP contribution is 2.27. The third-order valence-corrected chi connectivity index (χ3v) is 4.22. The van der Waals surface area contributed by atoms with E-state index in [0.717, 1.165) is 36.0 Å². The summed E-state index contributed by atoms with van der Waals surface area (Å²) < 4.78 is 0. The molecule has 2 rings (SSSR count). The van der Waals surface area contributed by atoms with E-state index in [4.69, 9.17) is 0 Å². The number of H-pyrrole nitrogens is 1. The summed E-state index contributed by atoms with van der Waals surface area (Å²) in [6, 6.07) is 8.15. The second kappa shape index (κ2) is 8.62. The van der Waals surface area contributed by atoms with Crippen LogP contribution in [0.15, 0.2) is 30.5 Å². The Morgan fingerprint density at radius 3 is 2.55 bits per heavy atom. The average molecular weight is 300 g/mol. The standard InChI is InChI=1S/C19H28N2O/c1-3-5-6-7-8-9-14-19(22)21(4-2)18-15-20-17-13-11-10-12-16(17)18/h10-13,15,20H,3-9,14H2,1-2H3. The van der Waals surface area contributed by atoms with E-state index < -0.39 is 0 Å². The summed E-state index contributed by atoms with van der Waals surface area (Å²) in [5.74, 6) is 0.239. The summed E-state index contributed by atoms with van der Waals surface area (Å²) in [7, 11) is 0. The number of aromatic amines is 1. The van der Waals surface area contributed by atoms with Crippen molar-refractivity contribution in [3.63, 3.8) is 0 Å². The molecule has 1 N–H and O–H groups in total. The molecule has 0 unspecified atom stereocenters. The van der Waals surface area contributed by atoms with Crippen LogP contribution in [0.3, 0.4) is 0 Å². The number of nitrogens with zero attached hydrogens (tertiary/aromatic N) is 1. The third kappa shape index (κ3) is 4.12. The van der Waals surface area contributed by atoms with Crippen LogP contribution in [-0.4, -0.2) is 17.4 Å². The summed E-state index contributed by atoms with van der Waals surface area (Å²) in [4.78, 5) is 17.7. The van der Waals surface area contributed by atoms with Crippen LogP contribution in [0.2, 0.25) is 0 Å². The first-order chi connectivity index (χ1) is 10.8. The van der Waals surface area contributed by atoms with E-state index in [1.807, 2.05) is 36.2 Å². The number of fused-ring (bicyclic) bond motifs is 1. The molecule has 1 aromatic carbocycles. The summed E-state index contributed by atoms with van der Waals surface area (Å²) in [6.07, 6.45) is 9.89. The van der Waals surface area contributed by atoms with Crippen molar-refractivity contribution in [3.05, 3.63) is 30.5 Å². The Morgan fingerprint density at radius 1 is 1.05 bits per heavy atom. The lowest BCUT2D eigenvalue weighted by atomic mass is 10.1. The summed E-state index contributed by atoms with van der Waals surface area (Å²) in [5, 5.41) is 1.13. The molecule has 1 amide bonds. The maximum absolute atomic E-state index is 12.5. The lowest BCUT2D eigenvalue weighted by molar-refractivity contribution is -0.118. The highest BCUT2D eigenvalue weighted by Gasteiger charge is 2.16. The molecule has 0 aliphatic carbocycles. The Labute approximate surface area is 133 Å². The van der Waals surface area contributed by atoms with Crippen LogP contribution in [0.4, 0.5) is 5.69 Å². The molecule has 0 saturated carbocycles. The number of amides is 1. The van der Waals surface area contributed by atoms with Crippen LogP contribution < -0.4 is 4.90 Å². The molecule has 3 heteroatoms. The summed E-state index contributed by atoms with van der Waals surface area (Å²) in [6.45, 7) is 4.99. The van der Waals surface area contributed by atoms with Gasteiger partial charge in [-0.05, 0) is 19.4 Å². The highest BCUT2D eigenvalue weighted by atomic mass is 16.2. The normalized spacial score (nSPS) is 11.0. The van der Waals surface area contributed by atoms with Crippen LogP contribution in [0.5, 0.6) is 0 Å². The Balaban J connectivity index is 1.92. The van der Waals surface area contributed by atoms with Crippen LogP contribution in [0.1, 0.15) is 58.8 Å². The molecule has 3 nitrogen and oxygen atoms in total. The highest BCUT2D eigenvalue weighted by molar-refractivity contribution is 6.03. The number of unbranched alkanes of at least 4 members (excludes halogenated alkanes) is 5. The van der Waals surface area contributed by atoms with E-state index in [-0.39, 0.29) is 5.91 Å². The van der Waals surface area contributed by atoms with E-state index in [2.05, 4.69) is 18.0 Å². The van der Waals surface area contributed by atoms with Gasteiger partial charge in [0.25, 0.3) is 0 Å². The Hall–Kier alpha value is -1.77. The Morgan fingerprint density at radius 2 is 1.77 bits per heavy atom. The largest absolute Gasteiger partial charge is 0.359 e. The van der Waals surface area contributed by atoms with Gasteiger partial charge in [-0.3, -0.25) is 4.79 Å². The molecule has 0 aliphatic heterocycles. The zero-order valence-electron chi connectivity index (χ0n) is 13.9. The smallest absolute Gasteiger partial charge is 0.227 e. The SMILES string of the molecule is CCCCCCCCC(=O)N(CC)c1c[nH]c2ccccc12. The van der Waals surface area contributed by atoms with Gasteiger partial charge in [-0.1, -0.05) is 57.2 Å². The van der Waals surface area contributed by atoms with Crippen molar-refractivity contribution in [2.75, 3.05) is 11.4 Å². The molecule has 0 atom stereocenters. The van der Waals surface area contributed by atoms with Crippen molar-refractivity contribution in [1.82, 2.24) is 4.98 Å². The van der Waals surface area contributed by atoms with Gasteiger partial charge >= 0.3 is 0 Å². The molecule has 1 aromatic heterocycles. The predicted molar refractivity (Wildman–Crippen MR) is 94.3 cm³/mol. The molecule has 1 heterocycles. The number of nitrogens with one attached hydrogen (secondary N) is 1. The minimum Gasteiger partial charge on any atom is -0.359 e. The van der Waals surface area contributed by atoms with Crippen molar-refractivity contribution in [2.24, 2.45) is 0 Å². The monoisotopic (exact) mass is 300 g/mol. The number of anilines is 1. The van der Waals surface area contributed by atoms with Gasteiger partial charge in [0.1, 0.15) is 0 Å². The molecule has 0 saturated heterocycles. The maximum atomic E-state index is 12.5. The second-order valence-electron chi connectivity index (χ2n) is 5.88. The molecule has 0 bridgehead atoms. The van der Waals surface area contributed by atoms with Gasteiger partial charge in [0.2, 0.25) is 5.91 Å². The van der Waals surface area contributed by atoms with E-state index in [0.29, 0.717) is 6.42 Å². The fourth-order valence-corrected chi connectivity index (χ4v) is 2.95. The first-order valence-corrected chi connectivity index (χ1v) is 8.64.